The van der Waals surface area contributed by atoms with E-state index in [1.165, 1.54) is 0 Å². The van der Waals surface area contributed by atoms with Crippen LogP contribution < -0.4 is 4.90 Å². The molecule has 6 heteroatoms. The molecule has 2 heterocycles. The molecule has 2 aromatic rings. The number of carbonyl (C=O) groups is 1. The van der Waals surface area contributed by atoms with Crippen molar-refractivity contribution in [3.05, 3.63) is 24.3 Å². The van der Waals surface area contributed by atoms with Crippen molar-refractivity contribution in [1.29, 1.82) is 0 Å². The van der Waals surface area contributed by atoms with Crippen LogP contribution in [-0.4, -0.2) is 52.5 Å². The van der Waals surface area contributed by atoms with Crippen LogP contribution in [0.3, 0.4) is 0 Å². The number of halogens is 1. The molecular weight excluding hydrogens is 288 g/mol. The Morgan fingerprint density at radius 2 is 2.14 bits per heavy atom. The Kier molecular flexibility index (Phi) is 3.76. The van der Waals surface area contributed by atoms with E-state index in [1.807, 2.05) is 31.3 Å². The minimum Gasteiger partial charge on any atom is -0.337 e. The minimum atomic E-state index is -0.0331. The molecule has 1 aromatic heterocycles. The van der Waals surface area contributed by atoms with E-state index in [2.05, 4.69) is 16.8 Å². The van der Waals surface area contributed by atoms with Gasteiger partial charge < -0.3 is 9.80 Å². The normalized spacial score (nSPS) is 19.0. The number of amides is 1. The summed E-state index contributed by atoms with van der Waals surface area (Å²) in [5.41, 5.74) is 1.70. The van der Waals surface area contributed by atoms with Crippen molar-refractivity contribution in [1.82, 2.24) is 14.5 Å². The molecule has 1 atom stereocenters. The molecule has 1 aromatic carbocycles. The van der Waals surface area contributed by atoms with E-state index < -0.39 is 0 Å². The molecule has 0 spiro atoms. The second-order valence-corrected chi connectivity index (χ2v) is 5.69. The Bertz CT molecular complexity index is 669. The third-order valence-electron chi connectivity index (χ3n) is 4.03. The number of anilines is 1. The highest BCUT2D eigenvalue weighted by Crippen LogP contribution is 2.28. The number of rotatable bonds is 3. The lowest BCUT2D eigenvalue weighted by molar-refractivity contribution is 0.211. The first kappa shape index (κ1) is 14.2. The van der Waals surface area contributed by atoms with E-state index in [4.69, 9.17) is 11.6 Å². The summed E-state index contributed by atoms with van der Waals surface area (Å²) >= 11 is 5.94. The van der Waals surface area contributed by atoms with Crippen molar-refractivity contribution in [3.8, 4) is 0 Å². The predicted octanol–water partition coefficient (Wildman–Crippen LogP) is 2.77. The van der Waals surface area contributed by atoms with Crippen LogP contribution in [0.4, 0.5) is 10.7 Å². The molecule has 1 aliphatic heterocycles. The van der Waals surface area contributed by atoms with Crippen LogP contribution in [0.15, 0.2) is 24.3 Å². The van der Waals surface area contributed by atoms with Crippen LogP contribution in [0.5, 0.6) is 0 Å². The van der Waals surface area contributed by atoms with E-state index in [0.29, 0.717) is 12.4 Å². The molecule has 0 aliphatic carbocycles. The Hall–Kier alpha value is -1.75. The van der Waals surface area contributed by atoms with Gasteiger partial charge in [0.1, 0.15) is 0 Å². The van der Waals surface area contributed by atoms with Gasteiger partial charge in [-0.3, -0.25) is 0 Å². The monoisotopic (exact) mass is 306 g/mol. The Morgan fingerprint density at radius 1 is 1.38 bits per heavy atom. The summed E-state index contributed by atoms with van der Waals surface area (Å²) in [6.07, 6.45) is 0.830. The summed E-state index contributed by atoms with van der Waals surface area (Å²) in [7, 11) is 1.83. The number of imidazole rings is 1. The molecule has 5 nitrogen and oxygen atoms in total. The first-order valence-electron chi connectivity index (χ1n) is 7.23. The number of aromatic nitrogens is 2. The zero-order valence-corrected chi connectivity index (χ0v) is 13.0. The van der Waals surface area contributed by atoms with E-state index in [0.717, 1.165) is 29.9 Å². The molecule has 0 saturated carbocycles. The number of hydrogen-bond acceptors (Lipinski definition) is 3. The van der Waals surface area contributed by atoms with Crippen molar-refractivity contribution in [2.24, 2.45) is 0 Å². The number of hydrogen-bond donors (Lipinski definition) is 0. The number of benzene rings is 1. The predicted molar refractivity (Wildman–Crippen MR) is 85.3 cm³/mol. The maximum atomic E-state index is 12.7. The van der Waals surface area contributed by atoms with Gasteiger partial charge in [-0.05, 0) is 25.5 Å². The number of fused-ring (bicyclic) bond motifs is 3. The average Bonchev–Trinajstić information content (AvgIpc) is 2.82. The summed E-state index contributed by atoms with van der Waals surface area (Å²) < 4.78 is 1.72. The van der Waals surface area contributed by atoms with Crippen molar-refractivity contribution < 1.29 is 4.79 Å². The number of para-hydroxylation sites is 2. The van der Waals surface area contributed by atoms with E-state index >= 15 is 0 Å². The minimum absolute atomic E-state index is 0.0331. The summed E-state index contributed by atoms with van der Waals surface area (Å²) in [5.74, 6) is 1.30. The van der Waals surface area contributed by atoms with Gasteiger partial charge in [-0.25, -0.2) is 14.3 Å². The summed E-state index contributed by atoms with van der Waals surface area (Å²) in [6, 6.07) is 7.91. The summed E-state index contributed by atoms with van der Waals surface area (Å²) in [5, 5.41) is 0. The smallest absolute Gasteiger partial charge is 0.331 e. The topological polar surface area (TPSA) is 41.4 Å². The standard InChI is InChI=1S/C15H19ClN4O/c1-3-19-11(8-9-16)10-18(2)15(21)20-13-7-5-4-6-12(13)17-14(19)20/h4-7,11H,3,8-10H2,1-2H3. The maximum Gasteiger partial charge on any atom is 0.331 e. The molecule has 1 unspecified atom stereocenters. The van der Waals surface area contributed by atoms with Gasteiger partial charge in [0.05, 0.1) is 17.1 Å². The molecule has 1 aliphatic rings. The highest BCUT2D eigenvalue weighted by molar-refractivity contribution is 6.17. The fourth-order valence-electron chi connectivity index (χ4n) is 2.99. The third-order valence-corrected chi connectivity index (χ3v) is 4.24. The molecule has 1 amide bonds. The highest BCUT2D eigenvalue weighted by Gasteiger charge is 2.32. The lowest BCUT2D eigenvalue weighted by Gasteiger charge is -2.29. The largest absolute Gasteiger partial charge is 0.337 e. The number of alkyl halides is 1. The van der Waals surface area contributed by atoms with Gasteiger partial charge in [0, 0.05) is 26.0 Å². The van der Waals surface area contributed by atoms with Gasteiger partial charge in [-0.15, -0.1) is 11.6 Å². The van der Waals surface area contributed by atoms with Crippen LogP contribution in [-0.2, 0) is 0 Å². The zero-order valence-electron chi connectivity index (χ0n) is 12.3. The van der Waals surface area contributed by atoms with E-state index in [-0.39, 0.29) is 12.1 Å². The quantitative estimate of drug-likeness (QED) is 0.819. The SMILES string of the molecule is CCN1c2nc3ccccc3n2C(=O)N(C)CC1CCCl. The Labute approximate surface area is 129 Å². The van der Waals surface area contributed by atoms with Crippen molar-refractivity contribution in [3.63, 3.8) is 0 Å². The Balaban J connectivity index is 2.21. The van der Waals surface area contributed by atoms with E-state index in [9.17, 15) is 4.79 Å². The van der Waals surface area contributed by atoms with Crippen LogP contribution in [0.25, 0.3) is 11.0 Å². The number of nitrogens with zero attached hydrogens (tertiary/aromatic N) is 4. The molecule has 112 valence electrons. The molecule has 0 N–H and O–H groups in total. The van der Waals surface area contributed by atoms with Gasteiger partial charge in [-0.2, -0.15) is 0 Å². The average molecular weight is 307 g/mol. The van der Waals surface area contributed by atoms with E-state index in [1.54, 1.807) is 9.47 Å². The van der Waals surface area contributed by atoms with Gasteiger partial charge in [0.2, 0.25) is 5.95 Å². The molecule has 0 saturated heterocycles. The lowest BCUT2D eigenvalue weighted by Crippen LogP contribution is -2.42. The maximum absolute atomic E-state index is 12.7. The van der Waals surface area contributed by atoms with Crippen molar-refractivity contribution in [2.75, 3.05) is 30.9 Å². The number of carbonyl (C=O) groups excluding carboxylic acids is 1. The molecule has 0 fully saturated rings. The molecule has 0 bridgehead atoms. The second-order valence-electron chi connectivity index (χ2n) is 5.32. The van der Waals surface area contributed by atoms with Gasteiger partial charge in [0.15, 0.2) is 0 Å². The van der Waals surface area contributed by atoms with Crippen LogP contribution in [0, 0.1) is 0 Å². The van der Waals surface area contributed by atoms with Crippen LogP contribution >= 0.6 is 11.6 Å². The van der Waals surface area contributed by atoms with Gasteiger partial charge in [-0.1, -0.05) is 12.1 Å². The summed E-state index contributed by atoms with van der Waals surface area (Å²) in [6.45, 7) is 3.55. The third kappa shape index (κ3) is 2.25. The fourth-order valence-corrected chi connectivity index (χ4v) is 3.25. The van der Waals surface area contributed by atoms with Crippen molar-refractivity contribution in [2.45, 2.75) is 19.4 Å². The van der Waals surface area contributed by atoms with Crippen LogP contribution in [0.2, 0.25) is 0 Å². The first-order chi connectivity index (χ1) is 10.2. The first-order valence-corrected chi connectivity index (χ1v) is 7.76. The summed E-state index contributed by atoms with van der Waals surface area (Å²) in [4.78, 5) is 21.3. The fraction of sp³-hybridized carbons (Fsp3) is 0.467. The Morgan fingerprint density at radius 3 is 2.86 bits per heavy atom. The highest BCUT2D eigenvalue weighted by atomic mass is 35.5. The number of likely N-dealkylation sites (N-methyl/N-ethyl adjacent to an activating group) is 2. The molecule has 21 heavy (non-hydrogen) atoms. The molecule has 3 rings (SSSR count). The van der Waals surface area contributed by atoms with Crippen LogP contribution in [0.1, 0.15) is 13.3 Å². The second kappa shape index (κ2) is 5.56. The molecular formula is C15H19ClN4O. The molecule has 0 radical (unpaired) electrons. The van der Waals surface area contributed by atoms with Crippen molar-refractivity contribution >= 4 is 34.6 Å². The van der Waals surface area contributed by atoms with Gasteiger partial charge in [0.25, 0.3) is 0 Å². The lowest BCUT2D eigenvalue weighted by atomic mass is 10.2. The zero-order chi connectivity index (χ0) is 15.0. The van der Waals surface area contributed by atoms with Gasteiger partial charge >= 0.3 is 6.03 Å².